The highest BCUT2D eigenvalue weighted by atomic mass is 16.4. The van der Waals surface area contributed by atoms with Gasteiger partial charge in [0.15, 0.2) is 0 Å². The summed E-state index contributed by atoms with van der Waals surface area (Å²) in [6, 6.07) is 6.34. The number of fused-ring (bicyclic) bond motifs is 1. The highest BCUT2D eigenvalue weighted by molar-refractivity contribution is 5.76. The van der Waals surface area contributed by atoms with E-state index < -0.39 is 5.97 Å². The molecule has 0 aliphatic rings. The standard InChI is InChI=1S/C13H16N2O2/c1-9(2)15-8-14-11-7-10(3-5-12(11)15)4-6-13(16)17/h3,5,7-9H,4,6H2,1-2H3,(H,16,17). The molecular formula is C13H16N2O2. The molecule has 1 N–H and O–H groups in total. The maximum Gasteiger partial charge on any atom is 0.303 e. The van der Waals surface area contributed by atoms with Gasteiger partial charge in [-0.3, -0.25) is 4.79 Å². The number of nitrogens with zero attached hydrogens (tertiary/aromatic N) is 2. The summed E-state index contributed by atoms with van der Waals surface area (Å²) in [4.78, 5) is 14.9. The largest absolute Gasteiger partial charge is 0.481 e. The molecule has 0 spiro atoms. The van der Waals surface area contributed by atoms with Crippen LogP contribution in [-0.4, -0.2) is 20.6 Å². The van der Waals surface area contributed by atoms with Crippen molar-refractivity contribution in [2.24, 2.45) is 0 Å². The zero-order valence-electron chi connectivity index (χ0n) is 10.1. The molecule has 0 saturated carbocycles. The van der Waals surface area contributed by atoms with Crippen molar-refractivity contribution >= 4 is 17.0 Å². The Morgan fingerprint density at radius 2 is 2.24 bits per heavy atom. The maximum atomic E-state index is 10.5. The molecule has 0 aliphatic heterocycles. The number of aliphatic carboxylic acids is 1. The van der Waals surface area contributed by atoms with Gasteiger partial charge in [-0.1, -0.05) is 6.07 Å². The fourth-order valence-electron chi connectivity index (χ4n) is 1.90. The van der Waals surface area contributed by atoms with Crippen LogP contribution in [0.3, 0.4) is 0 Å². The third-order valence-corrected chi connectivity index (χ3v) is 2.82. The lowest BCUT2D eigenvalue weighted by atomic mass is 10.1. The Labute approximate surface area is 99.9 Å². The molecule has 0 unspecified atom stereocenters. The summed E-state index contributed by atoms with van der Waals surface area (Å²) < 4.78 is 2.11. The number of carboxylic acids is 1. The predicted molar refractivity (Wildman–Crippen MR) is 66.1 cm³/mol. The van der Waals surface area contributed by atoms with Gasteiger partial charge >= 0.3 is 5.97 Å². The molecule has 90 valence electrons. The van der Waals surface area contributed by atoms with Gasteiger partial charge < -0.3 is 9.67 Å². The summed E-state index contributed by atoms with van der Waals surface area (Å²) in [5.41, 5.74) is 3.05. The first-order valence-corrected chi connectivity index (χ1v) is 5.75. The molecule has 0 aliphatic carbocycles. The van der Waals surface area contributed by atoms with Crippen molar-refractivity contribution in [2.75, 3.05) is 0 Å². The van der Waals surface area contributed by atoms with Gasteiger partial charge in [0.25, 0.3) is 0 Å². The van der Waals surface area contributed by atoms with Crippen LogP contribution in [0.15, 0.2) is 24.5 Å². The first-order valence-electron chi connectivity index (χ1n) is 5.75. The van der Waals surface area contributed by atoms with Crippen LogP contribution < -0.4 is 0 Å². The van der Waals surface area contributed by atoms with Crippen LogP contribution in [0.2, 0.25) is 0 Å². The number of hydrogen-bond acceptors (Lipinski definition) is 2. The Morgan fingerprint density at radius 1 is 1.47 bits per heavy atom. The summed E-state index contributed by atoms with van der Waals surface area (Å²) in [5, 5.41) is 8.65. The third kappa shape index (κ3) is 2.46. The first kappa shape index (κ1) is 11.6. The molecule has 4 heteroatoms. The minimum absolute atomic E-state index is 0.163. The molecule has 1 heterocycles. The molecule has 1 aromatic heterocycles. The highest BCUT2D eigenvalue weighted by Crippen LogP contribution is 2.19. The maximum absolute atomic E-state index is 10.5. The second-order valence-electron chi connectivity index (χ2n) is 4.46. The molecule has 1 aromatic carbocycles. The van der Waals surface area contributed by atoms with Crippen LogP contribution >= 0.6 is 0 Å². The lowest BCUT2D eigenvalue weighted by Crippen LogP contribution is -1.99. The van der Waals surface area contributed by atoms with Gasteiger partial charge in [-0.25, -0.2) is 4.98 Å². The molecule has 2 aromatic rings. The van der Waals surface area contributed by atoms with E-state index in [4.69, 9.17) is 5.11 Å². The Kier molecular flexibility index (Phi) is 3.13. The quantitative estimate of drug-likeness (QED) is 0.881. The number of hydrogen-bond donors (Lipinski definition) is 1. The van der Waals surface area contributed by atoms with Crippen molar-refractivity contribution < 1.29 is 9.90 Å². The van der Waals surface area contributed by atoms with E-state index in [0.29, 0.717) is 12.5 Å². The van der Waals surface area contributed by atoms with E-state index in [2.05, 4.69) is 23.4 Å². The van der Waals surface area contributed by atoms with Crippen LogP contribution in [-0.2, 0) is 11.2 Å². The van der Waals surface area contributed by atoms with E-state index in [1.54, 1.807) is 0 Å². The highest BCUT2D eigenvalue weighted by Gasteiger charge is 2.06. The van der Waals surface area contributed by atoms with Crippen LogP contribution in [0.4, 0.5) is 0 Å². The summed E-state index contributed by atoms with van der Waals surface area (Å²) in [5.74, 6) is -0.766. The van der Waals surface area contributed by atoms with E-state index >= 15 is 0 Å². The van der Waals surface area contributed by atoms with Crippen molar-refractivity contribution in [2.45, 2.75) is 32.7 Å². The van der Waals surface area contributed by atoms with E-state index in [9.17, 15) is 4.79 Å². The lowest BCUT2D eigenvalue weighted by molar-refractivity contribution is -0.136. The summed E-state index contributed by atoms with van der Waals surface area (Å²) >= 11 is 0. The number of carbonyl (C=O) groups is 1. The molecule has 0 amide bonds. The van der Waals surface area contributed by atoms with Crippen LogP contribution in [0.25, 0.3) is 11.0 Å². The Bertz CT molecular complexity index is 543. The third-order valence-electron chi connectivity index (χ3n) is 2.82. The molecular weight excluding hydrogens is 216 g/mol. The van der Waals surface area contributed by atoms with Crippen molar-refractivity contribution in [1.29, 1.82) is 0 Å². The van der Waals surface area contributed by atoms with Gasteiger partial charge in [0.2, 0.25) is 0 Å². The number of carboxylic acid groups (broad SMARTS) is 1. The fraction of sp³-hybridized carbons (Fsp3) is 0.385. The Balaban J connectivity index is 2.29. The molecule has 2 rings (SSSR count). The first-order chi connectivity index (χ1) is 8.08. The van der Waals surface area contributed by atoms with Gasteiger partial charge in [-0.05, 0) is 38.0 Å². The van der Waals surface area contributed by atoms with Crippen LogP contribution in [0.5, 0.6) is 0 Å². The van der Waals surface area contributed by atoms with E-state index in [1.165, 1.54) is 0 Å². The van der Waals surface area contributed by atoms with Crippen LogP contribution in [0.1, 0.15) is 31.9 Å². The minimum atomic E-state index is -0.766. The van der Waals surface area contributed by atoms with Crippen LogP contribution in [0, 0.1) is 0 Å². The molecule has 0 bridgehead atoms. The van der Waals surface area contributed by atoms with Gasteiger partial charge in [-0.2, -0.15) is 0 Å². The summed E-state index contributed by atoms with van der Waals surface area (Å²) in [6.07, 6.45) is 2.55. The Hall–Kier alpha value is -1.84. The number of benzene rings is 1. The van der Waals surface area contributed by atoms with Gasteiger partial charge in [0, 0.05) is 12.5 Å². The molecule has 0 saturated heterocycles. The van der Waals surface area contributed by atoms with E-state index in [-0.39, 0.29) is 6.42 Å². The van der Waals surface area contributed by atoms with Gasteiger partial charge in [-0.15, -0.1) is 0 Å². The smallest absolute Gasteiger partial charge is 0.303 e. The van der Waals surface area contributed by atoms with Crippen molar-refractivity contribution in [3.63, 3.8) is 0 Å². The minimum Gasteiger partial charge on any atom is -0.481 e. The molecule has 17 heavy (non-hydrogen) atoms. The molecule has 0 fully saturated rings. The topological polar surface area (TPSA) is 55.1 Å². The average Bonchev–Trinajstić information content (AvgIpc) is 2.69. The normalized spacial score (nSPS) is 11.2. The number of aryl methyl sites for hydroxylation is 1. The lowest BCUT2D eigenvalue weighted by Gasteiger charge is -2.07. The number of imidazole rings is 1. The molecule has 0 radical (unpaired) electrons. The van der Waals surface area contributed by atoms with E-state index in [1.807, 2.05) is 24.5 Å². The zero-order chi connectivity index (χ0) is 12.4. The molecule has 4 nitrogen and oxygen atoms in total. The summed E-state index contributed by atoms with van der Waals surface area (Å²) in [6.45, 7) is 4.22. The number of rotatable bonds is 4. The predicted octanol–water partition coefficient (Wildman–Crippen LogP) is 2.63. The number of aromatic nitrogens is 2. The second-order valence-corrected chi connectivity index (χ2v) is 4.46. The zero-order valence-corrected chi connectivity index (χ0v) is 10.1. The van der Waals surface area contributed by atoms with Crippen molar-refractivity contribution in [1.82, 2.24) is 9.55 Å². The average molecular weight is 232 g/mol. The van der Waals surface area contributed by atoms with E-state index in [0.717, 1.165) is 16.6 Å². The van der Waals surface area contributed by atoms with Crippen molar-refractivity contribution in [3.05, 3.63) is 30.1 Å². The van der Waals surface area contributed by atoms with Crippen molar-refractivity contribution in [3.8, 4) is 0 Å². The summed E-state index contributed by atoms with van der Waals surface area (Å²) in [7, 11) is 0. The van der Waals surface area contributed by atoms with Gasteiger partial charge in [0.05, 0.1) is 17.4 Å². The Morgan fingerprint density at radius 3 is 2.88 bits per heavy atom. The monoisotopic (exact) mass is 232 g/mol. The molecule has 0 atom stereocenters. The van der Waals surface area contributed by atoms with Gasteiger partial charge in [0.1, 0.15) is 0 Å². The second kappa shape index (κ2) is 4.57. The SMILES string of the molecule is CC(C)n1cnc2cc(CCC(=O)O)ccc21. The fourth-order valence-corrected chi connectivity index (χ4v) is 1.90.